The molecule has 0 aliphatic heterocycles. The van der Waals surface area contributed by atoms with Crippen LogP contribution in [-0.2, 0) is 4.43 Å². The van der Waals surface area contributed by atoms with Gasteiger partial charge in [-0.3, -0.25) is 0 Å². The van der Waals surface area contributed by atoms with Crippen molar-refractivity contribution in [1.82, 2.24) is 0 Å². The van der Waals surface area contributed by atoms with Gasteiger partial charge in [0.2, 0.25) is 0 Å². The summed E-state index contributed by atoms with van der Waals surface area (Å²) < 4.78 is 59.2. The zero-order chi connectivity index (χ0) is 17.5. The number of alkyl halides is 4. The molecule has 0 bridgehead atoms. The average molecular weight is 348 g/mol. The molecule has 0 fully saturated rings. The lowest BCUT2D eigenvalue weighted by Gasteiger charge is -2.35. The van der Waals surface area contributed by atoms with Crippen LogP contribution in [0.2, 0.25) is 18.1 Å². The van der Waals surface area contributed by atoms with Crippen LogP contribution in [0.4, 0.5) is 17.6 Å². The number of benzene rings is 1. The van der Waals surface area contributed by atoms with Gasteiger partial charge in [-0.1, -0.05) is 63.3 Å². The van der Waals surface area contributed by atoms with Crippen LogP contribution in [0.1, 0.15) is 26.3 Å². The molecule has 1 nitrogen and oxygen atoms in total. The van der Waals surface area contributed by atoms with Crippen LogP contribution in [-0.4, -0.2) is 26.8 Å². The Hall–Kier alpha value is -1.14. The summed E-state index contributed by atoms with van der Waals surface area (Å²) in [6.45, 7) is 5.62. The molecule has 0 heterocycles. The van der Waals surface area contributed by atoms with Crippen molar-refractivity contribution >= 4 is 14.4 Å². The van der Waals surface area contributed by atoms with E-state index >= 15 is 0 Å². The van der Waals surface area contributed by atoms with Gasteiger partial charge in [0.15, 0.2) is 8.32 Å². The lowest BCUT2D eigenvalue weighted by atomic mass is 10.1. The van der Waals surface area contributed by atoms with E-state index in [2.05, 4.69) is 0 Å². The summed E-state index contributed by atoms with van der Waals surface area (Å²) >= 11 is 0. The summed E-state index contributed by atoms with van der Waals surface area (Å²) in [6, 6.07) is 10.6. The summed E-state index contributed by atoms with van der Waals surface area (Å²) in [5, 5.41) is 0. The van der Waals surface area contributed by atoms with E-state index in [9.17, 15) is 17.6 Å². The summed E-state index contributed by atoms with van der Waals surface area (Å²) in [4.78, 5) is 0. The summed E-state index contributed by atoms with van der Waals surface area (Å²) in [5.74, 6) is -4.21. The third-order valence-electron chi connectivity index (χ3n) is 4.24. The average Bonchev–Trinajstić information content (AvgIpc) is 2.56. The normalized spacial score (nSPS) is 14.6. The maximum Gasteiger partial charge on any atom is 0.335 e. The molecule has 0 aliphatic rings. The molecule has 0 saturated heterocycles. The fraction of sp³-hybridized carbons (Fsp3) is 0.529. The molecule has 130 valence electrons. The number of hydrogen-bond donors (Lipinski definition) is 0. The second-order valence-corrected chi connectivity index (χ2v) is 10.3. The molecule has 0 aromatic heterocycles. The van der Waals surface area contributed by atoms with Crippen molar-refractivity contribution in [2.24, 2.45) is 0 Å². The first-order chi connectivity index (χ1) is 10.8. The molecule has 0 spiro atoms. The van der Waals surface area contributed by atoms with Gasteiger partial charge in [-0.25, -0.2) is 8.78 Å². The first-order valence-corrected chi connectivity index (χ1v) is 10.4. The van der Waals surface area contributed by atoms with Gasteiger partial charge >= 0.3 is 12.3 Å². The predicted octanol–water partition coefficient (Wildman–Crippen LogP) is 5.99. The van der Waals surface area contributed by atoms with Gasteiger partial charge in [0, 0.05) is 0 Å². The number of halogens is 4. The summed E-state index contributed by atoms with van der Waals surface area (Å²) in [7, 11) is -2.44. The molecular formula is C17H24F4OSi. The van der Waals surface area contributed by atoms with E-state index < -0.39 is 26.8 Å². The van der Waals surface area contributed by atoms with Crippen molar-refractivity contribution in [2.45, 2.75) is 57.4 Å². The molecule has 0 saturated carbocycles. The third kappa shape index (κ3) is 5.17. The van der Waals surface area contributed by atoms with Gasteiger partial charge in [-0.15, -0.1) is 0 Å². The van der Waals surface area contributed by atoms with Crippen molar-refractivity contribution in [2.75, 3.05) is 0 Å². The summed E-state index contributed by atoms with van der Waals surface area (Å²) in [6.07, 6.45) is -3.18. The topological polar surface area (TPSA) is 9.23 Å². The Labute approximate surface area is 136 Å². The molecule has 1 aromatic rings. The van der Waals surface area contributed by atoms with Crippen LogP contribution in [0.3, 0.4) is 0 Å². The highest BCUT2D eigenvalue weighted by Gasteiger charge is 2.50. The van der Waals surface area contributed by atoms with Crippen molar-refractivity contribution < 1.29 is 22.0 Å². The van der Waals surface area contributed by atoms with Crippen molar-refractivity contribution in [1.29, 1.82) is 0 Å². The van der Waals surface area contributed by atoms with E-state index in [1.165, 1.54) is 6.08 Å². The fourth-order valence-electron chi connectivity index (χ4n) is 2.40. The molecule has 0 aliphatic carbocycles. The lowest BCUT2D eigenvalue weighted by Crippen LogP contribution is -2.49. The Kier molecular flexibility index (Phi) is 7.47. The molecule has 0 amide bonds. The van der Waals surface area contributed by atoms with E-state index in [1.807, 2.05) is 20.8 Å². The Bertz CT molecular complexity index is 478. The highest BCUT2D eigenvalue weighted by molar-refractivity contribution is 6.73. The number of rotatable bonds is 9. The zero-order valence-corrected chi connectivity index (χ0v) is 14.7. The van der Waals surface area contributed by atoms with Gasteiger partial charge < -0.3 is 4.43 Å². The van der Waals surface area contributed by atoms with E-state index in [4.69, 9.17) is 4.43 Å². The standard InChI is InChI=1S/C17H24F4OSi/c1-4-23(5-2,6-3)22-15(17(20,21)16(18)19)13-12-14-10-8-7-9-11-14/h7-13,15-16H,4-6H2,1-3H3/b13-12+. The van der Waals surface area contributed by atoms with Crippen molar-refractivity contribution in [3.05, 3.63) is 42.0 Å². The van der Waals surface area contributed by atoms with Crippen molar-refractivity contribution in [3.8, 4) is 0 Å². The fourth-order valence-corrected chi connectivity index (χ4v) is 5.18. The Morgan fingerprint density at radius 3 is 2.00 bits per heavy atom. The third-order valence-corrected chi connectivity index (χ3v) is 8.86. The monoisotopic (exact) mass is 348 g/mol. The van der Waals surface area contributed by atoms with E-state index in [0.717, 1.165) is 6.08 Å². The quantitative estimate of drug-likeness (QED) is 0.393. The highest BCUT2D eigenvalue weighted by atomic mass is 28.4. The van der Waals surface area contributed by atoms with Crippen molar-refractivity contribution in [3.63, 3.8) is 0 Å². The maximum atomic E-state index is 13.9. The second kappa shape index (κ2) is 8.64. The van der Waals surface area contributed by atoms with E-state index in [0.29, 0.717) is 23.7 Å². The van der Waals surface area contributed by atoms with Gasteiger partial charge in [0.25, 0.3) is 0 Å². The smallest absolute Gasteiger partial charge is 0.335 e. The SMILES string of the molecule is CC[Si](CC)(CC)OC(/C=C/c1ccccc1)C(F)(F)C(F)F. The first-order valence-electron chi connectivity index (χ1n) is 7.88. The van der Waals surface area contributed by atoms with Crippen LogP contribution < -0.4 is 0 Å². The highest BCUT2D eigenvalue weighted by Crippen LogP contribution is 2.34. The van der Waals surface area contributed by atoms with Crippen LogP contribution >= 0.6 is 0 Å². The van der Waals surface area contributed by atoms with Gasteiger partial charge in [-0.2, -0.15) is 8.78 Å². The molecule has 0 radical (unpaired) electrons. The van der Waals surface area contributed by atoms with Crippen LogP contribution in [0.25, 0.3) is 6.08 Å². The van der Waals surface area contributed by atoms with Crippen LogP contribution in [0, 0.1) is 0 Å². The van der Waals surface area contributed by atoms with Crippen LogP contribution in [0.5, 0.6) is 0 Å². The molecule has 0 N–H and O–H groups in total. The Balaban J connectivity index is 3.10. The molecule has 1 atom stereocenters. The van der Waals surface area contributed by atoms with E-state index in [1.54, 1.807) is 30.3 Å². The van der Waals surface area contributed by atoms with Gasteiger partial charge in [0.05, 0.1) is 0 Å². The summed E-state index contributed by atoms with van der Waals surface area (Å²) in [5.41, 5.74) is 0.669. The van der Waals surface area contributed by atoms with E-state index in [-0.39, 0.29) is 0 Å². The Morgan fingerprint density at radius 1 is 1.04 bits per heavy atom. The van der Waals surface area contributed by atoms with Crippen LogP contribution in [0.15, 0.2) is 36.4 Å². The molecule has 6 heteroatoms. The molecule has 1 aromatic carbocycles. The maximum absolute atomic E-state index is 13.9. The minimum atomic E-state index is -4.21. The molecule has 1 unspecified atom stereocenters. The zero-order valence-electron chi connectivity index (χ0n) is 13.7. The molecule has 23 heavy (non-hydrogen) atoms. The molecular weight excluding hydrogens is 324 g/mol. The Morgan fingerprint density at radius 2 is 1.57 bits per heavy atom. The number of hydrogen-bond acceptors (Lipinski definition) is 1. The predicted molar refractivity (Wildman–Crippen MR) is 88.5 cm³/mol. The van der Waals surface area contributed by atoms with Gasteiger partial charge in [-0.05, 0) is 23.7 Å². The van der Waals surface area contributed by atoms with Gasteiger partial charge in [0.1, 0.15) is 6.10 Å². The largest absolute Gasteiger partial charge is 0.404 e. The minimum Gasteiger partial charge on any atom is -0.404 e. The molecule has 1 rings (SSSR count). The minimum absolute atomic E-state index is 0.620. The lowest BCUT2D eigenvalue weighted by molar-refractivity contribution is -0.172. The first kappa shape index (κ1) is 19.9. The second-order valence-electron chi connectivity index (χ2n) is 5.53.